The molecule has 27 heavy (non-hydrogen) atoms. The molecule has 1 atom stereocenters. The zero-order valence-electron chi connectivity index (χ0n) is 16.6. The highest BCUT2D eigenvalue weighted by Crippen LogP contribution is 2.36. The van der Waals surface area contributed by atoms with Gasteiger partial charge in [0.15, 0.2) is 5.75 Å². The minimum Gasteiger partial charge on any atom is -0.504 e. The summed E-state index contributed by atoms with van der Waals surface area (Å²) in [4.78, 5) is 15.4. The zero-order valence-corrected chi connectivity index (χ0v) is 16.6. The maximum atomic E-state index is 11.6. The first kappa shape index (κ1) is 21.0. The zero-order chi connectivity index (χ0) is 20.2. The summed E-state index contributed by atoms with van der Waals surface area (Å²) in [6, 6.07) is 1.42. The molecular formula is C21H30N2O4. The van der Waals surface area contributed by atoms with E-state index >= 15 is 0 Å². The lowest BCUT2D eigenvalue weighted by atomic mass is 9.82. The Morgan fingerprint density at radius 1 is 1.26 bits per heavy atom. The van der Waals surface area contributed by atoms with Gasteiger partial charge in [-0.05, 0) is 63.1 Å². The number of aromatic hydroxyl groups is 2. The Labute approximate surface area is 160 Å². The van der Waals surface area contributed by atoms with Crippen LogP contribution in [0.15, 0.2) is 29.6 Å². The van der Waals surface area contributed by atoms with Crippen LogP contribution in [0.4, 0.5) is 0 Å². The standard InChI is InChI=1S/C14H18O3.C7H12N2O/c1-3-9-4-5-10-11(7-9)8(2)6-12(15)14(17)13(10)16;1-7(2,10)5-9-4-3-8-6-9/h6,9H,3-5,7H2,1-2H3,(H2,15,16,17);3-4,6,10H,5H2,1-2H3. The molecule has 0 amide bonds. The Balaban J connectivity index is 0.000000223. The van der Waals surface area contributed by atoms with E-state index in [-0.39, 0.29) is 5.75 Å². The smallest absolute Gasteiger partial charge is 0.224 e. The third-order valence-corrected chi connectivity index (χ3v) is 4.93. The molecule has 0 radical (unpaired) electrons. The molecule has 0 fully saturated rings. The molecule has 1 heterocycles. The first-order valence-corrected chi connectivity index (χ1v) is 9.38. The van der Waals surface area contributed by atoms with Crippen molar-refractivity contribution in [1.82, 2.24) is 9.55 Å². The number of aromatic nitrogens is 2. The molecule has 1 aromatic carbocycles. The lowest BCUT2D eigenvalue weighted by Crippen LogP contribution is -2.25. The lowest BCUT2D eigenvalue weighted by molar-refractivity contribution is 0.0615. The fraction of sp³-hybridized carbons (Fsp3) is 0.524. The molecule has 1 aliphatic rings. The highest BCUT2D eigenvalue weighted by Gasteiger charge is 2.23. The molecule has 3 rings (SSSR count). The molecule has 0 saturated carbocycles. The van der Waals surface area contributed by atoms with E-state index in [1.807, 2.05) is 17.7 Å². The predicted octanol–water partition coefficient (Wildman–Crippen LogP) is 2.94. The van der Waals surface area contributed by atoms with Crippen LogP contribution in [0.25, 0.3) is 0 Å². The Kier molecular flexibility index (Phi) is 6.65. The van der Waals surface area contributed by atoms with E-state index in [9.17, 15) is 20.1 Å². The molecule has 6 heteroatoms. The van der Waals surface area contributed by atoms with Gasteiger partial charge in [-0.3, -0.25) is 4.79 Å². The van der Waals surface area contributed by atoms with Crippen molar-refractivity contribution in [2.45, 2.75) is 65.5 Å². The second-order valence-corrected chi connectivity index (χ2v) is 7.91. The van der Waals surface area contributed by atoms with Crippen LogP contribution >= 0.6 is 0 Å². The Bertz CT molecular complexity index is 824. The summed E-state index contributed by atoms with van der Waals surface area (Å²) in [5, 5.41) is 28.9. The van der Waals surface area contributed by atoms with Gasteiger partial charge in [-0.25, -0.2) is 4.98 Å². The first-order chi connectivity index (χ1) is 12.6. The molecule has 0 bridgehead atoms. The Morgan fingerprint density at radius 3 is 2.52 bits per heavy atom. The van der Waals surface area contributed by atoms with E-state index in [0.717, 1.165) is 42.4 Å². The van der Waals surface area contributed by atoms with Crippen LogP contribution in [0.3, 0.4) is 0 Å². The van der Waals surface area contributed by atoms with Crippen molar-refractivity contribution in [3.05, 3.63) is 51.7 Å². The number of hydrogen-bond acceptors (Lipinski definition) is 5. The van der Waals surface area contributed by atoms with Gasteiger partial charge in [0.1, 0.15) is 0 Å². The first-order valence-electron chi connectivity index (χ1n) is 9.38. The van der Waals surface area contributed by atoms with Crippen LogP contribution in [0.1, 0.15) is 50.3 Å². The minimum absolute atomic E-state index is 0.215. The van der Waals surface area contributed by atoms with Gasteiger partial charge in [-0.1, -0.05) is 13.3 Å². The summed E-state index contributed by atoms with van der Waals surface area (Å²) in [6.07, 6.45) is 8.96. The van der Waals surface area contributed by atoms with Gasteiger partial charge in [0.2, 0.25) is 11.2 Å². The van der Waals surface area contributed by atoms with E-state index < -0.39 is 16.8 Å². The van der Waals surface area contributed by atoms with Gasteiger partial charge >= 0.3 is 0 Å². The number of nitrogens with zero attached hydrogens (tertiary/aromatic N) is 2. The maximum Gasteiger partial charge on any atom is 0.224 e. The summed E-state index contributed by atoms with van der Waals surface area (Å²) in [6.45, 7) is 8.16. The van der Waals surface area contributed by atoms with E-state index in [4.69, 9.17) is 0 Å². The number of fused-ring (bicyclic) bond motifs is 1. The van der Waals surface area contributed by atoms with E-state index in [1.165, 1.54) is 6.07 Å². The fourth-order valence-corrected chi connectivity index (χ4v) is 3.46. The van der Waals surface area contributed by atoms with Gasteiger partial charge in [0, 0.05) is 18.0 Å². The van der Waals surface area contributed by atoms with Crippen molar-refractivity contribution < 1.29 is 15.3 Å². The van der Waals surface area contributed by atoms with Crippen molar-refractivity contribution in [3.8, 4) is 11.5 Å². The minimum atomic E-state index is -0.652. The molecule has 6 nitrogen and oxygen atoms in total. The summed E-state index contributed by atoms with van der Waals surface area (Å²) < 4.78 is 1.85. The average molecular weight is 374 g/mol. The number of hydrogen-bond donors (Lipinski definition) is 3. The van der Waals surface area contributed by atoms with Gasteiger partial charge in [-0.15, -0.1) is 0 Å². The monoisotopic (exact) mass is 374 g/mol. The number of imidazole rings is 1. The number of aryl methyl sites for hydroxylation is 1. The van der Waals surface area contributed by atoms with Gasteiger partial charge < -0.3 is 19.9 Å². The van der Waals surface area contributed by atoms with Gasteiger partial charge in [0.05, 0.1) is 18.5 Å². The highest BCUT2D eigenvalue weighted by atomic mass is 16.3. The molecular weight excluding hydrogens is 344 g/mol. The van der Waals surface area contributed by atoms with Gasteiger partial charge in [0.25, 0.3) is 0 Å². The molecule has 2 aromatic rings. The quantitative estimate of drug-likeness (QED) is 0.768. The van der Waals surface area contributed by atoms with Crippen LogP contribution in [-0.4, -0.2) is 30.5 Å². The van der Waals surface area contributed by atoms with Crippen LogP contribution in [-0.2, 0) is 19.4 Å². The second kappa shape index (κ2) is 8.57. The van der Waals surface area contributed by atoms with Gasteiger partial charge in [-0.2, -0.15) is 0 Å². The Hall–Kier alpha value is -2.34. The summed E-state index contributed by atoms with van der Waals surface area (Å²) >= 11 is 0. The molecule has 148 valence electrons. The Morgan fingerprint density at radius 2 is 1.96 bits per heavy atom. The molecule has 0 aliphatic heterocycles. The molecule has 1 aromatic heterocycles. The second-order valence-electron chi connectivity index (χ2n) is 7.91. The van der Waals surface area contributed by atoms with E-state index in [2.05, 4.69) is 11.9 Å². The van der Waals surface area contributed by atoms with Crippen molar-refractivity contribution in [3.63, 3.8) is 0 Å². The molecule has 3 N–H and O–H groups in total. The molecule has 0 saturated heterocycles. The SMILES string of the molecule is CC(C)(O)Cn1ccnc1.CCC1CCc2c(O)c(O)c(=O)cc(C)c2C1. The number of aliphatic hydroxyl groups is 1. The fourth-order valence-electron chi connectivity index (χ4n) is 3.46. The summed E-state index contributed by atoms with van der Waals surface area (Å²) in [7, 11) is 0. The van der Waals surface area contributed by atoms with Crippen LogP contribution in [0.5, 0.6) is 11.5 Å². The van der Waals surface area contributed by atoms with Crippen LogP contribution in [0, 0.1) is 12.8 Å². The average Bonchev–Trinajstić information content (AvgIpc) is 3.08. The topological polar surface area (TPSA) is 95.6 Å². The summed E-state index contributed by atoms with van der Waals surface area (Å²) in [5.41, 5.74) is 1.52. The highest BCUT2D eigenvalue weighted by molar-refractivity contribution is 5.50. The largest absolute Gasteiger partial charge is 0.504 e. The maximum absolute atomic E-state index is 11.6. The normalized spacial score (nSPS) is 16.3. The van der Waals surface area contributed by atoms with Crippen LogP contribution < -0.4 is 5.43 Å². The molecule has 1 unspecified atom stereocenters. The molecule has 0 spiro atoms. The third-order valence-electron chi connectivity index (χ3n) is 4.93. The summed E-state index contributed by atoms with van der Waals surface area (Å²) in [5.74, 6) is -0.114. The van der Waals surface area contributed by atoms with E-state index in [1.54, 1.807) is 26.4 Å². The predicted molar refractivity (Wildman–Crippen MR) is 105 cm³/mol. The van der Waals surface area contributed by atoms with Crippen molar-refractivity contribution in [2.75, 3.05) is 0 Å². The number of rotatable bonds is 3. The van der Waals surface area contributed by atoms with E-state index in [0.29, 0.717) is 12.5 Å². The van der Waals surface area contributed by atoms with Crippen molar-refractivity contribution in [1.29, 1.82) is 0 Å². The van der Waals surface area contributed by atoms with Crippen molar-refractivity contribution in [2.24, 2.45) is 5.92 Å². The van der Waals surface area contributed by atoms with Crippen molar-refractivity contribution >= 4 is 0 Å². The molecule has 1 aliphatic carbocycles. The lowest BCUT2D eigenvalue weighted by Gasteiger charge is -2.24. The third kappa shape index (κ3) is 5.57. The van der Waals surface area contributed by atoms with Crippen LogP contribution in [0.2, 0.25) is 0 Å².